The number of nitrogens with one attached hydrogen (secondary N) is 1. The molecule has 1 atom stereocenters. The van der Waals surface area contributed by atoms with Gasteiger partial charge >= 0.3 is 0 Å². The van der Waals surface area contributed by atoms with Crippen LogP contribution < -0.4 is 4.72 Å². The number of halogens is 1. The molecule has 0 aromatic rings. The second-order valence-electron chi connectivity index (χ2n) is 5.86. The normalized spacial score (nSPS) is 20.2. The Kier molecular flexibility index (Phi) is 7.17. The van der Waals surface area contributed by atoms with Gasteiger partial charge < -0.3 is 0 Å². The van der Waals surface area contributed by atoms with Crippen molar-refractivity contribution >= 4 is 26.0 Å². The molecule has 0 amide bonds. The van der Waals surface area contributed by atoms with E-state index in [1.807, 2.05) is 0 Å². The molecule has 0 spiro atoms. The first kappa shape index (κ1) is 16.4. The Bertz CT molecular complexity index is 324. The van der Waals surface area contributed by atoms with Crippen LogP contribution in [0.1, 0.15) is 52.4 Å². The van der Waals surface area contributed by atoms with Crippen LogP contribution in [0.5, 0.6) is 0 Å². The maximum atomic E-state index is 12.0. The molecule has 0 heterocycles. The molecule has 0 bridgehead atoms. The van der Waals surface area contributed by atoms with Crippen molar-refractivity contribution in [1.29, 1.82) is 0 Å². The van der Waals surface area contributed by atoms with E-state index < -0.39 is 10.0 Å². The number of alkyl halides is 1. The molecule has 108 valence electrons. The van der Waals surface area contributed by atoms with E-state index in [9.17, 15) is 8.42 Å². The third-order valence-corrected chi connectivity index (χ3v) is 5.65. The fourth-order valence-electron chi connectivity index (χ4n) is 2.54. The molecule has 18 heavy (non-hydrogen) atoms. The van der Waals surface area contributed by atoms with E-state index in [4.69, 9.17) is 0 Å². The summed E-state index contributed by atoms with van der Waals surface area (Å²) >= 11 is 3.53. The second kappa shape index (κ2) is 7.85. The number of sulfonamides is 1. The van der Waals surface area contributed by atoms with Crippen molar-refractivity contribution in [2.24, 2.45) is 11.8 Å². The van der Waals surface area contributed by atoms with Crippen LogP contribution in [0.25, 0.3) is 0 Å². The van der Waals surface area contributed by atoms with Crippen molar-refractivity contribution in [3.8, 4) is 0 Å². The summed E-state index contributed by atoms with van der Waals surface area (Å²) in [5.74, 6) is 1.27. The maximum absolute atomic E-state index is 12.0. The molecule has 1 rings (SSSR count). The lowest BCUT2D eigenvalue weighted by Crippen LogP contribution is -2.34. The van der Waals surface area contributed by atoms with Crippen LogP contribution in [-0.4, -0.2) is 25.5 Å². The highest BCUT2D eigenvalue weighted by atomic mass is 79.9. The third kappa shape index (κ3) is 7.10. The first-order valence-electron chi connectivity index (χ1n) is 7.00. The molecule has 0 aliphatic heterocycles. The van der Waals surface area contributed by atoms with Crippen LogP contribution in [-0.2, 0) is 10.0 Å². The van der Waals surface area contributed by atoms with Crippen molar-refractivity contribution in [2.75, 3.05) is 12.3 Å². The fraction of sp³-hybridized carbons (Fsp3) is 1.00. The van der Waals surface area contributed by atoms with Gasteiger partial charge in [-0.25, -0.2) is 13.1 Å². The zero-order valence-corrected chi connectivity index (χ0v) is 13.9. The molecule has 5 heteroatoms. The Morgan fingerprint density at radius 2 is 1.83 bits per heavy atom. The first-order chi connectivity index (χ1) is 8.39. The minimum absolute atomic E-state index is 0.235. The van der Waals surface area contributed by atoms with Crippen molar-refractivity contribution in [3.63, 3.8) is 0 Å². The largest absolute Gasteiger partial charge is 0.214 e. The molecule has 0 aromatic heterocycles. The van der Waals surface area contributed by atoms with Crippen molar-refractivity contribution < 1.29 is 8.42 Å². The van der Waals surface area contributed by atoms with Gasteiger partial charge in [-0.05, 0) is 31.1 Å². The zero-order chi connectivity index (χ0) is 13.6. The predicted molar refractivity (Wildman–Crippen MR) is 80.5 cm³/mol. The molecule has 1 N–H and O–H groups in total. The SMILES string of the molecule is CC(C)CC(Br)CNS(=O)(=O)CC1CCCCC1. The molecule has 1 aliphatic rings. The van der Waals surface area contributed by atoms with E-state index in [1.54, 1.807) is 0 Å². The zero-order valence-electron chi connectivity index (χ0n) is 11.5. The Balaban J connectivity index is 2.30. The number of rotatable bonds is 7. The summed E-state index contributed by atoms with van der Waals surface area (Å²) in [6, 6.07) is 0. The maximum Gasteiger partial charge on any atom is 0.211 e. The van der Waals surface area contributed by atoms with Gasteiger partial charge in [0.2, 0.25) is 10.0 Å². The van der Waals surface area contributed by atoms with E-state index >= 15 is 0 Å². The van der Waals surface area contributed by atoms with Crippen LogP contribution >= 0.6 is 15.9 Å². The van der Waals surface area contributed by atoms with Crippen molar-refractivity contribution in [1.82, 2.24) is 4.72 Å². The average Bonchev–Trinajstić information content (AvgIpc) is 2.26. The van der Waals surface area contributed by atoms with Gasteiger partial charge in [0.05, 0.1) is 5.75 Å². The van der Waals surface area contributed by atoms with E-state index in [0.29, 0.717) is 24.1 Å². The lowest BCUT2D eigenvalue weighted by atomic mass is 9.91. The Labute approximate surface area is 120 Å². The number of hydrogen-bond acceptors (Lipinski definition) is 2. The molecule has 1 unspecified atom stereocenters. The quantitative estimate of drug-likeness (QED) is 0.723. The summed E-state index contributed by atoms with van der Waals surface area (Å²) in [7, 11) is -3.09. The summed E-state index contributed by atoms with van der Waals surface area (Å²) in [6.45, 7) is 4.79. The standard InChI is InChI=1S/C13H26BrNO2S/c1-11(2)8-13(14)9-15-18(16,17)10-12-6-4-3-5-7-12/h11-13,15H,3-10H2,1-2H3. The highest BCUT2D eigenvalue weighted by molar-refractivity contribution is 9.09. The van der Waals surface area contributed by atoms with Crippen LogP contribution in [0.3, 0.4) is 0 Å². The van der Waals surface area contributed by atoms with Gasteiger partial charge in [0.1, 0.15) is 0 Å². The van der Waals surface area contributed by atoms with Crippen LogP contribution in [0.2, 0.25) is 0 Å². The predicted octanol–water partition coefficient (Wildman–Crippen LogP) is 3.30. The minimum atomic E-state index is -3.09. The molecule has 0 aromatic carbocycles. The van der Waals surface area contributed by atoms with E-state index in [0.717, 1.165) is 19.3 Å². The monoisotopic (exact) mass is 339 g/mol. The molecule has 0 saturated heterocycles. The van der Waals surface area contributed by atoms with Crippen LogP contribution in [0.15, 0.2) is 0 Å². The van der Waals surface area contributed by atoms with E-state index in [1.165, 1.54) is 19.3 Å². The molecular weight excluding hydrogens is 314 g/mol. The molecule has 1 aliphatic carbocycles. The van der Waals surface area contributed by atoms with E-state index in [2.05, 4.69) is 34.5 Å². The van der Waals surface area contributed by atoms with Crippen molar-refractivity contribution in [2.45, 2.75) is 57.2 Å². The lowest BCUT2D eigenvalue weighted by Gasteiger charge is -2.22. The molecule has 3 nitrogen and oxygen atoms in total. The summed E-state index contributed by atoms with van der Waals surface area (Å²) in [5.41, 5.74) is 0. The summed E-state index contributed by atoms with van der Waals surface area (Å²) in [4.78, 5) is 0.235. The summed E-state index contributed by atoms with van der Waals surface area (Å²) in [6.07, 6.45) is 6.78. The van der Waals surface area contributed by atoms with Gasteiger partial charge in [0.15, 0.2) is 0 Å². The molecular formula is C13H26BrNO2S. The van der Waals surface area contributed by atoms with Crippen LogP contribution in [0.4, 0.5) is 0 Å². The van der Waals surface area contributed by atoms with E-state index in [-0.39, 0.29) is 4.83 Å². The minimum Gasteiger partial charge on any atom is -0.214 e. The van der Waals surface area contributed by atoms with Gasteiger partial charge in [-0.1, -0.05) is 49.0 Å². The first-order valence-corrected chi connectivity index (χ1v) is 9.57. The van der Waals surface area contributed by atoms with Gasteiger partial charge in [0.25, 0.3) is 0 Å². The summed E-state index contributed by atoms with van der Waals surface area (Å²) in [5, 5.41) is 0. The topological polar surface area (TPSA) is 46.2 Å². The van der Waals surface area contributed by atoms with Crippen molar-refractivity contribution in [3.05, 3.63) is 0 Å². The van der Waals surface area contributed by atoms with Gasteiger partial charge in [0, 0.05) is 11.4 Å². The highest BCUT2D eigenvalue weighted by Crippen LogP contribution is 2.24. The Hall–Kier alpha value is 0.390. The Morgan fingerprint density at radius 1 is 1.22 bits per heavy atom. The van der Waals surface area contributed by atoms with Gasteiger partial charge in [-0.3, -0.25) is 0 Å². The highest BCUT2D eigenvalue weighted by Gasteiger charge is 2.21. The Morgan fingerprint density at radius 3 is 2.39 bits per heavy atom. The third-order valence-electron chi connectivity index (χ3n) is 3.43. The average molecular weight is 340 g/mol. The molecule has 0 radical (unpaired) electrons. The molecule has 1 saturated carbocycles. The smallest absolute Gasteiger partial charge is 0.211 e. The summed E-state index contributed by atoms with van der Waals surface area (Å²) < 4.78 is 26.7. The lowest BCUT2D eigenvalue weighted by molar-refractivity contribution is 0.384. The second-order valence-corrected chi connectivity index (χ2v) is 9.01. The van der Waals surface area contributed by atoms with Gasteiger partial charge in [-0.2, -0.15) is 0 Å². The number of hydrogen-bond donors (Lipinski definition) is 1. The molecule has 1 fully saturated rings. The van der Waals surface area contributed by atoms with Gasteiger partial charge in [-0.15, -0.1) is 0 Å². The fourth-order valence-corrected chi connectivity index (χ4v) is 5.19. The van der Waals surface area contributed by atoms with Crippen LogP contribution in [0, 0.1) is 11.8 Å².